The Hall–Kier alpha value is -1.71. The van der Waals surface area contributed by atoms with Crippen molar-refractivity contribution < 1.29 is 19.0 Å². The summed E-state index contributed by atoms with van der Waals surface area (Å²) in [5.41, 5.74) is 2.84. The molecule has 4 nitrogen and oxygen atoms in total. The van der Waals surface area contributed by atoms with E-state index in [-0.39, 0.29) is 6.61 Å². The van der Waals surface area contributed by atoms with Gasteiger partial charge in [-0.15, -0.1) is 0 Å². The van der Waals surface area contributed by atoms with E-state index in [1.54, 1.807) is 14.2 Å². The Morgan fingerprint density at radius 3 is 2.31 bits per heavy atom. The van der Waals surface area contributed by atoms with Crippen molar-refractivity contribution >= 4 is 6.47 Å². The molecule has 0 atom stereocenters. The van der Waals surface area contributed by atoms with Crippen LogP contribution in [0.15, 0.2) is 6.07 Å². The van der Waals surface area contributed by atoms with Crippen molar-refractivity contribution in [3.8, 4) is 11.5 Å². The highest BCUT2D eigenvalue weighted by Crippen LogP contribution is 2.36. The van der Waals surface area contributed by atoms with Gasteiger partial charge >= 0.3 is 6.47 Å². The van der Waals surface area contributed by atoms with Crippen LogP contribution in [-0.4, -0.2) is 20.7 Å². The molecule has 0 aromatic heterocycles. The van der Waals surface area contributed by atoms with Gasteiger partial charge in [-0.3, -0.25) is 0 Å². The van der Waals surface area contributed by atoms with E-state index in [1.165, 1.54) is 6.47 Å². The van der Waals surface area contributed by atoms with Crippen molar-refractivity contribution in [1.29, 1.82) is 0 Å². The fourth-order valence-electron chi connectivity index (χ4n) is 1.61. The van der Waals surface area contributed by atoms with Crippen molar-refractivity contribution in [2.75, 3.05) is 14.2 Å². The van der Waals surface area contributed by atoms with E-state index in [9.17, 15) is 4.79 Å². The third kappa shape index (κ3) is 2.27. The van der Waals surface area contributed by atoms with E-state index in [0.717, 1.165) is 16.7 Å². The molecule has 16 heavy (non-hydrogen) atoms. The molecule has 0 amide bonds. The summed E-state index contributed by atoms with van der Waals surface area (Å²) in [6.07, 6.45) is 0. The van der Waals surface area contributed by atoms with Gasteiger partial charge in [0, 0.05) is 5.56 Å². The zero-order chi connectivity index (χ0) is 12.1. The first kappa shape index (κ1) is 12.4. The van der Waals surface area contributed by atoms with E-state index in [1.807, 2.05) is 19.9 Å². The molecule has 0 saturated carbocycles. The molecule has 1 aromatic carbocycles. The number of hydrogen-bond acceptors (Lipinski definition) is 4. The number of aryl methyl sites for hydroxylation is 1. The molecule has 0 saturated heterocycles. The molecule has 0 aliphatic carbocycles. The quantitative estimate of drug-likeness (QED) is 0.764. The largest absolute Gasteiger partial charge is 0.493 e. The smallest absolute Gasteiger partial charge is 0.417 e. The number of methoxy groups -OCH3 is 2. The molecular weight excluding hydrogens is 208 g/mol. The van der Waals surface area contributed by atoms with Crippen LogP contribution in [0.4, 0.5) is 0 Å². The second kappa shape index (κ2) is 5.39. The van der Waals surface area contributed by atoms with E-state index in [0.29, 0.717) is 11.5 Å². The zero-order valence-electron chi connectivity index (χ0n) is 9.92. The fourth-order valence-corrected chi connectivity index (χ4v) is 1.61. The highest BCUT2D eigenvalue weighted by atomic mass is 16.5. The van der Waals surface area contributed by atoms with Crippen LogP contribution in [0.5, 0.6) is 11.5 Å². The lowest BCUT2D eigenvalue weighted by molar-refractivity contribution is 0.258. The van der Waals surface area contributed by atoms with Gasteiger partial charge in [0.05, 0.1) is 14.2 Å². The van der Waals surface area contributed by atoms with E-state index in [4.69, 9.17) is 9.47 Å². The monoisotopic (exact) mass is 223 g/mol. The maximum absolute atomic E-state index is 10.1. The van der Waals surface area contributed by atoms with Gasteiger partial charge in [-0.2, -0.15) is 0 Å². The molecule has 0 aliphatic rings. The third-order valence-electron chi connectivity index (χ3n) is 2.52. The lowest BCUT2D eigenvalue weighted by Crippen LogP contribution is -2.01. The first-order valence-electron chi connectivity index (χ1n) is 4.85. The van der Waals surface area contributed by atoms with Gasteiger partial charge in [-0.1, -0.05) is 0 Å². The number of benzene rings is 1. The summed E-state index contributed by atoms with van der Waals surface area (Å²) >= 11 is 0. The molecule has 1 radical (unpaired) electrons. The lowest BCUT2D eigenvalue weighted by Gasteiger charge is -2.16. The summed E-state index contributed by atoms with van der Waals surface area (Å²) in [4.78, 5) is 10.1. The minimum Gasteiger partial charge on any atom is -0.493 e. The van der Waals surface area contributed by atoms with Gasteiger partial charge in [0.15, 0.2) is 11.5 Å². The lowest BCUT2D eigenvalue weighted by atomic mass is 10.0. The van der Waals surface area contributed by atoms with Crippen LogP contribution in [0.2, 0.25) is 0 Å². The predicted octanol–water partition coefficient (Wildman–Crippen LogP) is 1.90. The maximum Gasteiger partial charge on any atom is 0.417 e. The summed E-state index contributed by atoms with van der Waals surface area (Å²) in [7, 11) is 3.14. The minimum atomic E-state index is 0.129. The Balaban J connectivity index is 3.25. The number of carbonyl (C=O) groups excluding carboxylic acids is 1. The molecule has 0 heterocycles. The van der Waals surface area contributed by atoms with Crippen LogP contribution >= 0.6 is 0 Å². The second-order valence-corrected chi connectivity index (χ2v) is 3.42. The molecule has 0 spiro atoms. The Kier molecular flexibility index (Phi) is 4.17. The summed E-state index contributed by atoms with van der Waals surface area (Å²) in [6, 6.07) is 1.91. The number of ether oxygens (including phenoxy) is 3. The van der Waals surface area contributed by atoms with Crippen molar-refractivity contribution in [3.05, 3.63) is 22.8 Å². The highest BCUT2D eigenvalue weighted by Gasteiger charge is 2.15. The van der Waals surface area contributed by atoms with Crippen molar-refractivity contribution in [1.82, 2.24) is 0 Å². The highest BCUT2D eigenvalue weighted by molar-refractivity contribution is 5.55. The summed E-state index contributed by atoms with van der Waals surface area (Å²) in [5.74, 6) is 1.27. The van der Waals surface area contributed by atoms with Gasteiger partial charge in [-0.05, 0) is 31.0 Å². The van der Waals surface area contributed by atoms with Crippen LogP contribution in [0.3, 0.4) is 0 Å². The maximum atomic E-state index is 10.1. The van der Waals surface area contributed by atoms with Crippen molar-refractivity contribution in [3.63, 3.8) is 0 Å². The minimum absolute atomic E-state index is 0.129. The van der Waals surface area contributed by atoms with Crippen LogP contribution < -0.4 is 9.47 Å². The standard InChI is InChI=1S/C12H15O4/c1-8-5-10(6-16-7-13)12(15-4)11(14-3)9(8)2/h5H,6H2,1-4H3. The molecular formula is C12H15O4. The molecule has 1 aromatic rings. The SMILES string of the molecule is COc1c(CO[C]=O)cc(C)c(C)c1OC. The Morgan fingerprint density at radius 1 is 1.19 bits per heavy atom. The molecule has 1 rings (SSSR count). The Morgan fingerprint density at radius 2 is 1.81 bits per heavy atom. The third-order valence-corrected chi connectivity index (χ3v) is 2.52. The first-order chi connectivity index (χ1) is 7.65. The van der Waals surface area contributed by atoms with E-state index in [2.05, 4.69) is 4.74 Å². The molecule has 0 unspecified atom stereocenters. The van der Waals surface area contributed by atoms with Crippen LogP contribution in [0.1, 0.15) is 16.7 Å². The predicted molar refractivity (Wildman–Crippen MR) is 59.5 cm³/mol. The summed E-state index contributed by atoms with van der Waals surface area (Å²) in [6.45, 7) is 5.44. The Labute approximate surface area is 95.1 Å². The van der Waals surface area contributed by atoms with Crippen LogP contribution in [0.25, 0.3) is 0 Å². The van der Waals surface area contributed by atoms with Crippen molar-refractivity contribution in [2.45, 2.75) is 20.5 Å². The van der Waals surface area contributed by atoms with E-state index < -0.39 is 0 Å². The first-order valence-corrected chi connectivity index (χ1v) is 4.85. The molecule has 87 valence electrons. The molecule has 0 N–H and O–H groups in total. The fraction of sp³-hybridized carbons (Fsp3) is 0.417. The van der Waals surface area contributed by atoms with Gasteiger partial charge in [-0.25, -0.2) is 4.79 Å². The second-order valence-electron chi connectivity index (χ2n) is 3.42. The summed E-state index contributed by atoms with van der Waals surface area (Å²) < 4.78 is 15.2. The van der Waals surface area contributed by atoms with Gasteiger partial charge in [0.2, 0.25) is 0 Å². The topological polar surface area (TPSA) is 44.8 Å². The van der Waals surface area contributed by atoms with Crippen LogP contribution in [-0.2, 0) is 16.1 Å². The Bertz CT molecular complexity index is 385. The number of hydrogen-bond donors (Lipinski definition) is 0. The van der Waals surface area contributed by atoms with Gasteiger partial charge in [0.25, 0.3) is 0 Å². The number of rotatable bonds is 5. The average Bonchev–Trinajstić information content (AvgIpc) is 2.29. The molecule has 0 bridgehead atoms. The molecule has 0 aliphatic heterocycles. The van der Waals surface area contributed by atoms with Gasteiger partial charge in [0.1, 0.15) is 6.61 Å². The van der Waals surface area contributed by atoms with E-state index >= 15 is 0 Å². The average molecular weight is 223 g/mol. The van der Waals surface area contributed by atoms with Crippen molar-refractivity contribution in [2.24, 2.45) is 0 Å². The van der Waals surface area contributed by atoms with Gasteiger partial charge < -0.3 is 14.2 Å². The summed E-state index contributed by atoms with van der Waals surface area (Å²) in [5, 5.41) is 0. The molecule has 4 heteroatoms. The zero-order valence-corrected chi connectivity index (χ0v) is 9.92. The van der Waals surface area contributed by atoms with Crippen LogP contribution in [0, 0.1) is 13.8 Å². The molecule has 0 fully saturated rings. The normalized spacial score (nSPS) is 9.75.